The highest BCUT2D eigenvalue weighted by Crippen LogP contribution is 2.27. The Morgan fingerprint density at radius 3 is 2.19 bits per heavy atom. The average molecular weight is 285 g/mol. The molecule has 0 spiro atoms. The van der Waals surface area contributed by atoms with Crippen LogP contribution < -0.4 is 0 Å². The first-order chi connectivity index (χ1) is 10.1. The summed E-state index contributed by atoms with van der Waals surface area (Å²) in [6.45, 7) is 2.03. The monoisotopic (exact) mass is 285 g/mol. The third kappa shape index (κ3) is 3.45. The number of carbonyl (C=O) groups excluding carboxylic acids is 1. The van der Waals surface area contributed by atoms with Gasteiger partial charge in [0.2, 0.25) is 0 Å². The number of carbonyl (C=O) groups is 1. The molecule has 2 aromatic carbocycles. The maximum atomic E-state index is 12.2. The molecule has 5 nitrogen and oxygen atoms in total. The largest absolute Gasteiger partial charge is 0.465 e. The van der Waals surface area contributed by atoms with E-state index in [1.807, 2.05) is 30.3 Å². The molecule has 0 aromatic heterocycles. The molecule has 0 aliphatic carbocycles. The Kier molecular flexibility index (Phi) is 4.66. The van der Waals surface area contributed by atoms with Crippen molar-refractivity contribution >= 4 is 11.7 Å². The molecule has 0 bridgehead atoms. The van der Waals surface area contributed by atoms with Gasteiger partial charge in [-0.3, -0.25) is 14.9 Å². The fourth-order valence-electron chi connectivity index (χ4n) is 2.12. The van der Waals surface area contributed by atoms with Crippen molar-refractivity contribution in [2.45, 2.75) is 12.8 Å². The molecule has 2 aromatic rings. The minimum absolute atomic E-state index is 0.00517. The van der Waals surface area contributed by atoms with Crippen molar-refractivity contribution in [3.05, 3.63) is 75.8 Å². The first-order valence-electron chi connectivity index (χ1n) is 6.59. The van der Waals surface area contributed by atoms with Crippen molar-refractivity contribution in [2.24, 2.45) is 0 Å². The van der Waals surface area contributed by atoms with Gasteiger partial charge < -0.3 is 4.74 Å². The van der Waals surface area contributed by atoms with Crippen molar-refractivity contribution in [1.82, 2.24) is 0 Å². The van der Waals surface area contributed by atoms with E-state index in [9.17, 15) is 14.9 Å². The van der Waals surface area contributed by atoms with Crippen LogP contribution in [0.1, 0.15) is 24.0 Å². The highest BCUT2D eigenvalue weighted by atomic mass is 16.6. The standard InChI is InChI=1S/C16H15NO4/c1-2-21-16(18)15(12-6-4-3-5-7-12)13-8-10-14(11-9-13)17(19)20/h3-11,15H,2H2,1H3. The van der Waals surface area contributed by atoms with Crippen LogP contribution in [0.15, 0.2) is 54.6 Å². The van der Waals surface area contributed by atoms with Crippen LogP contribution in [0.4, 0.5) is 5.69 Å². The SMILES string of the molecule is CCOC(=O)C(c1ccccc1)c1ccc([N+](=O)[O-])cc1. The highest BCUT2D eigenvalue weighted by molar-refractivity contribution is 5.82. The Hall–Kier alpha value is -2.69. The lowest BCUT2D eigenvalue weighted by Crippen LogP contribution is -2.17. The molecule has 0 saturated heterocycles. The number of esters is 1. The summed E-state index contributed by atoms with van der Waals surface area (Å²) in [4.78, 5) is 22.4. The molecular formula is C16H15NO4. The molecule has 5 heteroatoms. The molecule has 0 heterocycles. The summed E-state index contributed by atoms with van der Waals surface area (Å²) in [6.07, 6.45) is 0. The van der Waals surface area contributed by atoms with Crippen LogP contribution in [-0.2, 0) is 9.53 Å². The molecule has 1 atom stereocenters. The molecule has 0 radical (unpaired) electrons. The quantitative estimate of drug-likeness (QED) is 0.480. The summed E-state index contributed by atoms with van der Waals surface area (Å²) in [5.41, 5.74) is 1.46. The average Bonchev–Trinajstić information content (AvgIpc) is 2.49. The second-order valence-corrected chi connectivity index (χ2v) is 4.44. The second-order valence-electron chi connectivity index (χ2n) is 4.44. The minimum Gasteiger partial charge on any atom is -0.465 e. The summed E-state index contributed by atoms with van der Waals surface area (Å²) in [5, 5.41) is 10.7. The predicted molar refractivity (Wildman–Crippen MR) is 78.0 cm³/mol. The molecule has 2 rings (SSSR count). The van der Waals surface area contributed by atoms with Gasteiger partial charge in [0.1, 0.15) is 5.92 Å². The van der Waals surface area contributed by atoms with E-state index in [1.54, 1.807) is 19.1 Å². The van der Waals surface area contributed by atoms with Crippen LogP contribution in [0, 0.1) is 10.1 Å². The number of hydrogen-bond donors (Lipinski definition) is 0. The Balaban J connectivity index is 2.40. The zero-order chi connectivity index (χ0) is 15.2. The molecule has 0 aliphatic rings. The predicted octanol–water partition coefficient (Wildman–Crippen LogP) is 3.29. The Morgan fingerprint density at radius 1 is 1.10 bits per heavy atom. The lowest BCUT2D eigenvalue weighted by molar-refractivity contribution is -0.384. The van der Waals surface area contributed by atoms with Crippen molar-refractivity contribution in [3.8, 4) is 0 Å². The molecule has 0 fully saturated rings. The van der Waals surface area contributed by atoms with E-state index in [2.05, 4.69) is 0 Å². The summed E-state index contributed by atoms with van der Waals surface area (Å²) in [6, 6.07) is 15.2. The third-order valence-corrected chi connectivity index (χ3v) is 3.09. The molecule has 0 saturated carbocycles. The van der Waals surface area contributed by atoms with E-state index in [1.165, 1.54) is 12.1 Å². The van der Waals surface area contributed by atoms with Gasteiger partial charge in [0.15, 0.2) is 0 Å². The fourth-order valence-corrected chi connectivity index (χ4v) is 2.12. The van der Waals surface area contributed by atoms with Gasteiger partial charge in [0.25, 0.3) is 5.69 Å². The van der Waals surface area contributed by atoms with E-state index >= 15 is 0 Å². The van der Waals surface area contributed by atoms with Crippen molar-refractivity contribution < 1.29 is 14.5 Å². The zero-order valence-electron chi connectivity index (χ0n) is 11.6. The number of hydrogen-bond acceptors (Lipinski definition) is 4. The number of ether oxygens (including phenoxy) is 1. The smallest absolute Gasteiger partial charge is 0.317 e. The molecular weight excluding hydrogens is 270 g/mol. The summed E-state index contributed by atoms with van der Waals surface area (Å²) < 4.78 is 5.12. The molecule has 21 heavy (non-hydrogen) atoms. The zero-order valence-corrected chi connectivity index (χ0v) is 11.6. The topological polar surface area (TPSA) is 69.4 Å². The number of nitrogens with zero attached hydrogens (tertiary/aromatic N) is 1. The number of nitro groups is 1. The van der Waals surface area contributed by atoms with E-state index in [-0.39, 0.29) is 18.3 Å². The molecule has 0 aliphatic heterocycles. The fraction of sp³-hybridized carbons (Fsp3) is 0.188. The van der Waals surface area contributed by atoms with Crippen molar-refractivity contribution in [1.29, 1.82) is 0 Å². The summed E-state index contributed by atoms with van der Waals surface area (Å²) >= 11 is 0. The lowest BCUT2D eigenvalue weighted by atomic mass is 9.91. The third-order valence-electron chi connectivity index (χ3n) is 3.09. The maximum Gasteiger partial charge on any atom is 0.317 e. The van der Waals surface area contributed by atoms with Crippen molar-refractivity contribution in [2.75, 3.05) is 6.61 Å². The van der Waals surface area contributed by atoms with Crippen LogP contribution in [0.2, 0.25) is 0 Å². The van der Waals surface area contributed by atoms with E-state index in [4.69, 9.17) is 4.74 Å². The van der Waals surface area contributed by atoms with Crippen LogP contribution in [0.5, 0.6) is 0 Å². The summed E-state index contributed by atoms with van der Waals surface area (Å²) in [5.74, 6) is -0.940. The van der Waals surface area contributed by atoms with Crippen LogP contribution >= 0.6 is 0 Å². The number of benzene rings is 2. The van der Waals surface area contributed by atoms with E-state index < -0.39 is 10.8 Å². The van der Waals surface area contributed by atoms with Gasteiger partial charge in [-0.1, -0.05) is 42.5 Å². The van der Waals surface area contributed by atoms with Gasteiger partial charge in [-0.05, 0) is 18.1 Å². The Bertz CT molecular complexity index is 622. The van der Waals surface area contributed by atoms with Gasteiger partial charge in [-0.25, -0.2) is 0 Å². The first kappa shape index (κ1) is 14.7. The lowest BCUT2D eigenvalue weighted by Gasteiger charge is -2.16. The van der Waals surface area contributed by atoms with Crippen molar-refractivity contribution in [3.63, 3.8) is 0 Å². The maximum absolute atomic E-state index is 12.2. The molecule has 0 N–H and O–H groups in total. The van der Waals surface area contributed by atoms with Crippen LogP contribution in [0.25, 0.3) is 0 Å². The Morgan fingerprint density at radius 2 is 1.67 bits per heavy atom. The van der Waals surface area contributed by atoms with E-state index in [0.29, 0.717) is 5.56 Å². The Labute approximate surface area is 122 Å². The normalized spacial score (nSPS) is 11.7. The molecule has 1 unspecified atom stereocenters. The van der Waals surface area contributed by atoms with Gasteiger partial charge in [-0.15, -0.1) is 0 Å². The van der Waals surface area contributed by atoms with Gasteiger partial charge >= 0.3 is 5.97 Å². The number of rotatable bonds is 5. The summed E-state index contributed by atoms with van der Waals surface area (Å²) in [7, 11) is 0. The number of non-ortho nitro benzene ring substituents is 1. The van der Waals surface area contributed by atoms with Crippen LogP contribution in [0.3, 0.4) is 0 Å². The van der Waals surface area contributed by atoms with Gasteiger partial charge in [0, 0.05) is 12.1 Å². The molecule has 0 amide bonds. The van der Waals surface area contributed by atoms with Gasteiger partial charge in [-0.2, -0.15) is 0 Å². The van der Waals surface area contributed by atoms with Crippen LogP contribution in [-0.4, -0.2) is 17.5 Å². The van der Waals surface area contributed by atoms with E-state index in [0.717, 1.165) is 5.56 Å². The number of nitro benzene ring substituents is 1. The molecule has 108 valence electrons. The first-order valence-corrected chi connectivity index (χ1v) is 6.59. The second kappa shape index (κ2) is 6.65. The van der Waals surface area contributed by atoms with Gasteiger partial charge in [0.05, 0.1) is 11.5 Å². The highest BCUT2D eigenvalue weighted by Gasteiger charge is 2.24. The minimum atomic E-state index is -0.577.